The molecule has 0 aliphatic heterocycles. The number of hydrogen-bond acceptors (Lipinski definition) is 4. The third kappa shape index (κ3) is 2.43. The Morgan fingerprint density at radius 3 is 2.65 bits per heavy atom. The maximum atomic E-state index is 13.7. The topological polar surface area (TPSA) is 47.0 Å². The van der Waals surface area contributed by atoms with Gasteiger partial charge in [0.25, 0.3) is 0 Å². The van der Waals surface area contributed by atoms with Gasteiger partial charge >= 0.3 is 0 Å². The van der Waals surface area contributed by atoms with Crippen LogP contribution in [0.15, 0.2) is 24.3 Å². The first-order chi connectivity index (χ1) is 9.69. The quantitative estimate of drug-likeness (QED) is 0.924. The molecule has 4 nitrogen and oxygen atoms in total. The van der Waals surface area contributed by atoms with Gasteiger partial charge in [0.15, 0.2) is 11.6 Å². The van der Waals surface area contributed by atoms with Crippen LogP contribution in [0.2, 0.25) is 0 Å². The van der Waals surface area contributed by atoms with Crippen molar-refractivity contribution in [3.63, 3.8) is 0 Å². The maximum absolute atomic E-state index is 13.7. The third-order valence-corrected chi connectivity index (χ3v) is 3.34. The van der Waals surface area contributed by atoms with E-state index in [-0.39, 0.29) is 5.75 Å². The average molecular weight is 273 g/mol. The molecule has 1 aromatic carbocycles. The van der Waals surface area contributed by atoms with Crippen molar-refractivity contribution in [3.05, 3.63) is 41.5 Å². The monoisotopic (exact) mass is 273 g/mol. The Balaban J connectivity index is 1.99. The van der Waals surface area contributed by atoms with Crippen molar-refractivity contribution in [1.82, 2.24) is 9.97 Å². The molecule has 3 rings (SSSR count). The molecule has 104 valence electrons. The summed E-state index contributed by atoms with van der Waals surface area (Å²) in [4.78, 5) is 8.92. The fourth-order valence-electron chi connectivity index (χ4n) is 2.01. The van der Waals surface area contributed by atoms with Crippen molar-refractivity contribution < 1.29 is 9.13 Å². The summed E-state index contributed by atoms with van der Waals surface area (Å²) in [6.07, 6.45) is 2.21. The minimum Gasteiger partial charge on any atom is -0.435 e. The van der Waals surface area contributed by atoms with Crippen molar-refractivity contribution in [2.24, 2.45) is 0 Å². The van der Waals surface area contributed by atoms with Crippen LogP contribution in [0.4, 0.5) is 10.2 Å². The molecule has 5 heteroatoms. The number of benzene rings is 1. The molecule has 1 aromatic heterocycles. The molecule has 0 radical (unpaired) electrons. The van der Waals surface area contributed by atoms with Crippen molar-refractivity contribution >= 4 is 5.82 Å². The molecule has 1 heterocycles. The van der Waals surface area contributed by atoms with Gasteiger partial charge in [-0.15, -0.1) is 0 Å². The largest absolute Gasteiger partial charge is 0.435 e. The second kappa shape index (κ2) is 5.07. The lowest BCUT2D eigenvalue weighted by Crippen LogP contribution is -2.05. The van der Waals surface area contributed by atoms with Gasteiger partial charge in [-0.3, -0.25) is 0 Å². The molecular formula is C15H16FN3O. The van der Waals surface area contributed by atoms with Gasteiger partial charge in [-0.05, 0) is 31.9 Å². The Bertz CT molecular complexity index is 641. The number of nitrogens with zero attached hydrogens (tertiary/aromatic N) is 2. The van der Waals surface area contributed by atoms with Crippen LogP contribution in [0.1, 0.15) is 30.1 Å². The summed E-state index contributed by atoms with van der Waals surface area (Å²) in [5.74, 6) is 2.10. The fraction of sp³-hybridized carbons (Fsp3) is 0.333. The van der Waals surface area contributed by atoms with Crippen LogP contribution in [0.25, 0.3) is 0 Å². The SMILES string of the molecule is CNc1nc(C2CC2)nc(Oc2ccccc2F)c1C. The molecular weight excluding hydrogens is 257 g/mol. The molecule has 0 unspecified atom stereocenters. The van der Waals surface area contributed by atoms with Crippen LogP contribution in [-0.4, -0.2) is 17.0 Å². The number of para-hydroxylation sites is 1. The van der Waals surface area contributed by atoms with E-state index in [9.17, 15) is 4.39 Å². The highest BCUT2D eigenvalue weighted by Crippen LogP contribution is 2.40. The highest BCUT2D eigenvalue weighted by molar-refractivity contribution is 5.49. The summed E-state index contributed by atoms with van der Waals surface area (Å²) in [6.45, 7) is 1.86. The highest BCUT2D eigenvalue weighted by Gasteiger charge is 2.28. The van der Waals surface area contributed by atoms with E-state index < -0.39 is 5.82 Å². The lowest BCUT2D eigenvalue weighted by Gasteiger charge is -2.13. The average Bonchev–Trinajstić information content (AvgIpc) is 3.28. The van der Waals surface area contributed by atoms with Crippen LogP contribution in [-0.2, 0) is 0 Å². The van der Waals surface area contributed by atoms with Gasteiger partial charge < -0.3 is 10.1 Å². The van der Waals surface area contributed by atoms with Crippen molar-refractivity contribution in [1.29, 1.82) is 0 Å². The summed E-state index contributed by atoms with van der Waals surface area (Å²) in [7, 11) is 1.80. The Morgan fingerprint density at radius 1 is 1.25 bits per heavy atom. The van der Waals surface area contributed by atoms with E-state index in [1.165, 1.54) is 6.07 Å². The first-order valence-electron chi connectivity index (χ1n) is 6.67. The molecule has 0 amide bonds. The van der Waals surface area contributed by atoms with E-state index in [0.29, 0.717) is 11.8 Å². The van der Waals surface area contributed by atoms with Crippen molar-refractivity contribution in [2.75, 3.05) is 12.4 Å². The van der Waals surface area contributed by atoms with E-state index in [1.807, 2.05) is 6.92 Å². The number of nitrogens with one attached hydrogen (secondary N) is 1. The molecule has 0 bridgehead atoms. The van der Waals surface area contributed by atoms with Gasteiger partial charge in [-0.2, -0.15) is 4.98 Å². The summed E-state index contributed by atoms with van der Waals surface area (Å²) in [5, 5.41) is 3.03. The Kier molecular flexibility index (Phi) is 3.26. The Morgan fingerprint density at radius 2 is 2.00 bits per heavy atom. The molecule has 0 saturated heterocycles. The molecule has 2 aromatic rings. The number of hydrogen-bond donors (Lipinski definition) is 1. The second-order valence-corrected chi connectivity index (χ2v) is 4.92. The minimum absolute atomic E-state index is 0.179. The Labute approximate surface area is 117 Å². The molecule has 1 N–H and O–H groups in total. The highest BCUT2D eigenvalue weighted by atomic mass is 19.1. The van der Waals surface area contributed by atoms with Crippen LogP contribution in [0.3, 0.4) is 0 Å². The van der Waals surface area contributed by atoms with Gasteiger partial charge in [0.05, 0.1) is 5.56 Å². The minimum atomic E-state index is -0.399. The van der Waals surface area contributed by atoms with E-state index in [0.717, 1.165) is 30.0 Å². The summed E-state index contributed by atoms with van der Waals surface area (Å²) in [5.41, 5.74) is 0.778. The predicted octanol–water partition coefficient (Wildman–Crippen LogP) is 3.64. The van der Waals surface area contributed by atoms with Gasteiger partial charge in [0, 0.05) is 13.0 Å². The van der Waals surface area contributed by atoms with Gasteiger partial charge in [-0.25, -0.2) is 9.37 Å². The summed E-state index contributed by atoms with van der Waals surface area (Å²) in [6, 6.07) is 6.32. The van der Waals surface area contributed by atoms with Crippen LogP contribution in [0, 0.1) is 12.7 Å². The zero-order chi connectivity index (χ0) is 14.1. The number of ether oxygens (including phenoxy) is 1. The third-order valence-electron chi connectivity index (χ3n) is 3.34. The number of rotatable bonds is 4. The lowest BCUT2D eigenvalue weighted by molar-refractivity contribution is 0.421. The normalized spacial score (nSPS) is 14.2. The van der Waals surface area contributed by atoms with Crippen LogP contribution in [0.5, 0.6) is 11.6 Å². The Hall–Kier alpha value is -2.17. The van der Waals surface area contributed by atoms with Gasteiger partial charge in [0.1, 0.15) is 11.6 Å². The predicted molar refractivity (Wildman–Crippen MR) is 74.8 cm³/mol. The smallest absolute Gasteiger partial charge is 0.227 e. The number of anilines is 1. The molecule has 1 fully saturated rings. The number of aromatic nitrogens is 2. The molecule has 0 atom stereocenters. The molecule has 1 aliphatic rings. The van der Waals surface area contributed by atoms with Crippen LogP contribution >= 0.6 is 0 Å². The first-order valence-corrected chi connectivity index (χ1v) is 6.67. The van der Waals surface area contributed by atoms with Crippen LogP contribution < -0.4 is 10.1 Å². The van der Waals surface area contributed by atoms with E-state index >= 15 is 0 Å². The van der Waals surface area contributed by atoms with E-state index in [1.54, 1.807) is 25.2 Å². The van der Waals surface area contributed by atoms with Gasteiger partial charge in [0.2, 0.25) is 5.88 Å². The van der Waals surface area contributed by atoms with Crippen molar-refractivity contribution in [2.45, 2.75) is 25.7 Å². The zero-order valence-electron chi connectivity index (χ0n) is 11.5. The first kappa shape index (κ1) is 12.8. The second-order valence-electron chi connectivity index (χ2n) is 4.92. The van der Waals surface area contributed by atoms with Gasteiger partial charge in [-0.1, -0.05) is 12.1 Å². The maximum Gasteiger partial charge on any atom is 0.227 e. The van der Waals surface area contributed by atoms with Crippen molar-refractivity contribution in [3.8, 4) is 11.6 Å². The summed E-state index contributed by atoms with van der Waals surface area (Å²) < 4.78 is 19.3. The molecule has 20 heavy (non-hydrogen) atoms. The molecule has 1 saturated carbocycles. The molecule has 1 aliphatic carbocycles. The van der Waals surface area contributed by atoms with E-state index in [2.05, 4.69) is 15.3 Å². The standard InChI is InChI=1S/C15H16FN3O/c1-9-13(17-2)18-14(10-7-8-10)19-15(9)20-12-6-4-3-5-11(12)16/h3-6,10H,7-8H2,1-2H3,(H,17,18,19). The summed E-state index contributed by atoms with van der Waals surface area (Å²) >= 11 is 0. The molecule has 0 spiro atoms. The number of halogens is 1. The lowest BCUT2D eigenvalue weighted by atomic mass is 10.3. The van der Waals surface area contributed by atoms with E-state index in [4.69, 9.17) is 4.74 Å². The zero-order valence-corrected chi connectivity index (χ0v) is 11.5. The fourth-order valence-corrected chi connectivity index (χ4v) is 2.01.